The summed E-state index contributed by atoms with van der Waals surface area (Å²) in [5.41, 5.74) is 8.46. The highest BCUT2D eigenvalue weighted by molar-refractivity contribution is 6.03. The molecule has 5 aromatic rings. The number of rotatable bonds is 8. The summed E-state index contributed by atoms with van der Waals surface area (Å²) in [6.07, 6.45) is 3.75. The van der Waals surface area contributed by atoms with Gasteiger partial charge in [-0.05, 0) is 36.2 Å². The van der Waals surface area contributed by atoms with Crippen molar-refractivity contribution < 1.29 is 18.7 Å². The van der Waals surface area contributed by atoms with E-state index in [0.717, 1.165) is 12.0 Å². The van der Waals surface area contributed by atoms with E-state index in [0.29, 0.717) is 60.2 Å². The fraction of sp³-hybridized carbons (Fsp3) is 0.241. The molecule has 0 saturated carbocycles. The van der Waals surface area contributed by atoms with E-state index in [2.05, 4.69) is 20.4 Å². The Balaban J connectivity index is 1.30. The molecule has 6 rings (SSSR count). The standard InChI is InChI=1S/C29H27FN8O4/c1-41-13-11-37-14-22(17-2-6-19(30)7-3-17)26(39)25(35-37)29(40)34-20-8-4-18(5-9-20)24-23-27(31)32-16-33-28(23)38(36-24)21-10-12-42-15-21/h2-9,14,16,21H,10-13,15H2,1H3,(H,34,40)(H2,31,32,33). The average molecular weight is 571 g/mol. The van der Waals surface area contributed by atoms with Gasteiger partial charge in [-0.2, -0.15) is 10.2 Å². The van der Waals surface area contributed by atoms with Crippen molar-refractivity contribution in [2.45, 2.75) is 19.0 Å². The Labute approximate surface area is 238 Å². The number of nitrogens with zero attached hydrogens (tertiary/aromatic N) is 6. The molecule has 1 atom stereocenters. The van der Waals surface area contributed by atoms with Crippen LogP contribution in [-0.2, 0) is 16.0 Å². The molecule has 214 valence electrons. The van der Waals surface area contributed by atoms with E-state index in [1.54, 1.807) is 31.4 Å². The van der Waals surface area contributed by atoms with Crippen LogP contribution in [-0.4, -0.2) is 62.4 Å². The number of amides is 1. The van der Waals surface area contributed by atoms with E-state index in [1.807, 2.05) is 4.68 Å². The second-order valence-corrected chi connectivity index (χ2v) is 9.78. The molecule has 3 aromatic heterocycles. The number of benzene rings is 2. The SMILES string of the molecule is COCCn1cc(-c2ccc(F)cc2)c(=O)c(C(=O)Nc2ccc(-c3nn(C4CCOC4)c4ncnc(N)c34)cc2)n1. The Morgan fingerprint density at radius 3 is 2.60 bits per heavy atom. The van der Waals surface area contributed by atoms with E-state index in [4.69, 9.17) is 20.3 Å². The highest BCUT2D eigenvalue weighted by Crippen LogP contribution is 2.33. The molecule has 12 nitrogen and oxygen atoms in total. The highest BCUT2D eigenvalue weighted by atomic mass is 19.1. The first-order chi connectivity index (χ1) is 20.4. The molecule has 1 aliphatic heterocycles. The van der Waals surface area contributed by atoms with Gasteiger partial charge in [-0.15, -0.1) is 0 Å². The molecule has 4 heterocycles. The van der Waals surface area contributed by atoms with Gasteiger partial charge in [-0.1, -0.05) is 24.3 Å². The van der Waals surface area contributed by atoms with Crippen LogP contribution in [0.25, 0.3) is 33.4 Å². The summed E-state index contributed by atoms with van der Waals surface area (Å²) < 4.78 is 27.5. The number of nitrogens with one attached hydrogen (secondary N) is 1. The molecule has 1 aliphatic rings. The van der Waals surface area contributed by atoms with Gasteiger partial charge >= 0.3 is 0 Å². The third-order valence-corrected chi connectivity index (χ3v) is 7.05. The van der Waals surface area contributed by atoms with Crippen molar-refractivity contribution in [1.82, 2.24) is 29.5 Å². The van der Waals surface area contributed by atoms with Crippen LogP contribution < -0.4 is 16.5 Å². The molecule has 1 saturated heterocycles. The molecule has 0 radical (unpaired) electrons. The number of nitrogens with two attached hydrogens (primary N) is 1. The van der Waals surface area contributed by atoms with Crippen molar-refractivity contribution in [1.29, 1.82) is 0 Å². The topological polar surface area (TPSA) is 152 Å². The first-order valence-electron chi connectivity index (χ1n) is 13.3. The predicted molar refractivity (Wildman–Crippen MR) is 153 cm³/mol. The molecule has 1 unspecified atom stereocenters. The van der Waals surface area contributed by atoms with Crippen molar-refractivity contribution in [2.75, 3.05) is 38.0 Å². The normalized spacial score (nSPS) is 14.9. The van der Waals surface area contributed by atoms with Crippen LogP contribution in [0.3, 0.4) is 0 Å². The fourth-order valence-corrected chi connectivity index (χ4v) is 4.89. The van der Waals surface area contributed by atoms with Crippen molar-refractivity contribution in [3.63, 3.8) is 0 Å². The number of nitrogen functional groups attached to an aromatic ring is 1. The minimum absolute atomic E-state index is 0.0419. The average Bonchev–Trinajstić information content (AvgIpc) is 3.67. The van der Waals surface area contributed by atoms with Crippen molar-refractivity contribution in [3.05, 3.63) is 82.8 Å². The molecule has 42 heavy (non-hydrogen) atoms. The molecule has 0 bridgehead atoms. The molecule has 13 heteroatoms. The van der Waals surface area contributed by atoms with E-state index in [9.17, 15) is 14.0 Å². The van der Waals surface area contributed by atoms with Crippen LogP contribution in [0.1, 0.15) is 23.0 Å². The van der Waals surface area contributed by atoms with E-state index in [-0.39, 0.29) is 17.3 Å². The van der Waals surface area contributed by atoms with Gasteiger partial charge in [0, 0.05) is 36.7 Å². The Morgan fingerprint density at radius 1 is 1.12 bits per heavy atom. The van der Waals surface area contributed by atoms with Crippen molar-refractivity contribution in [2.24, 2.45) is 0 Å². The molecule has 0 spiro atoms. The van der Waals surface area contributed by atoms with E-state index < -0.39 is 17.2 Å². The minimum atomic E-state index is -0.684. The summed E-state index contributed by atoms with van der Waals surface area (Å²) in [6, 6.07) is 12.5. The smallest absolute Gasteiger partial charge is 0.280 e. The zero-order chi connectivity index (χ0) is 29.2. The Kier molecular flexibility index (Phi) is 7.42. The zero-order valence-corrected chi connectivity index (χ0v) is 22.7. The molecule has 3 N–H and O–H groups in total. The van der Waals surface area contributed by atoms with Crippen LogP contribution >= 0.6 is 0 Å². The van der Waals surface area contributed by atoms with Crippen LogP contribution in [0.2, 0.25) is 0 Å². The summed E-state index contributed by atoms with van der Waals surface area (Å²) in [5, 5.41) is 12.4. The number of methoxy groups -OCH3 is 1. The Bertz CT molecular complexity index is 1810. The Morgan fingerprint density at radius 2 is 1.88 bits per heavy atom. The lowest BCUT2D eigenvalue weighted by Gasteiger charge is -2.11. The summed E-state index contributed by atoms with van der Waals surface area (Å²) >= 11 is 0. The first-order valence-corrected chi connectivity index (χ1v) is 13.3. The monoisotopic (exact) mass is 570 g/mol. The van der Waals surface area contributed by atoms with Gasteiger partial charge < -0.3 is 20.5 Å². The maximum Gasteiger partial charge on any atom is 0.280 e. The van der Waals surface area contributed by atoms with Crippen LogP contribution in [0, 0.1) is 5.82 Å². The van der Waals surface area contributed by atoms with E-state index >= 15 is 0 Å². The van der Waals surface area contributed by atoms with Crippen LogP contribution in [0.5, 0.6) is 0 Å². The van der Waals surface area contributed by atoms with E-state index in [1.165, 1.54) is 41.5 Å². The van der Waals surface area contributed by atoms with Gasteiger partial charge in [0.15, 0.2) is 11.3 Å². The number of hydrogen-bond acceptors (Lipinski definition) is 9. The number of hydrogen-bond donors (Lipinski definition) is 2. The first kappa shape index (κ1) is 27.2. The van der Waals surface area contributed by atoms with Gasteiger partial charge in [-0.25, -0.2) is 19.0 Å². The lowest BCUT2D eigenvalue weighted by Crippen LogP contribution is -2.28. The highest BCUT2D eigenvalue weighted by Gasteiger charge is 2.25. The largest absolute Gasteiger partial charge is 0.383 e. The summed E-state index contributed by atoms with van der Waals surface area (Å²) in [7, 11) is 1.54. The quantitative estimate of drug-likeness (QED) is 0.286. The maximum atomic E-state index is 13.5. The number of anilines is 2. The Hall–Kier alpha value is -5.01. The molecule has 1 fully saturated rings. The second-order valence-electron chi connectivity index (χ2n) is 9.78. The number of halogens is 1. The lowest BCUT2D eigenvalue weighted by molar-refractivity contribution is 0.101. The summed E-state index contributed by atoms with van der Waals surface area (Å²) in [6.45, 7) is 1.81. The second kappa shape index (κ2) is 11.5. The minimum Gasteiger partial charge on any atom is -0.383 e. The molecule has 1 amide bonds. The van der Waals surface area contributed by atoms with Crippen molar-refractivity contribution in [3.8, 4) is 22.4 Å². The molecule has 0 aliphatic carbocycles. The number of ether oxygens (including phenoxy) is 2. The number of carbonyl (C=O) groups excluding carboxylic acids is 1. The third-order valence-electron chi connectivity index (χ3n) is 7.05. The van der Waals surface area contributed by atoms with Gasteiger partial charge in [-0.3, -0.25) is 14.3 Å². The van der Waals surface area contributed by atoms with Gasteiger partial charge in [0.05, 0.1) is 31.2 Å². The maximum absolute atomic E-state index is 13.5. The van der Waals surface area contributed by atoms with Gasteiger partial charge in [0.25, 0.3) is 5.91 Å². The molecular weight excluding hydrogens is 543 g/mol. The fourth-order valence-electron chi connectivity index (χ4n) is 4.89. The van der Waals surface area contributed by atoms with Crippen molar-refractivity contribution >= 4 is 28.4 Å². The summed E-state index contributed by atoms with van der Waals surface area (Å²) in [4.78, 5) is 35.2. The molecular formula is C29H27FN8O4. The lowest BCUT2D eigenvalue weighted by atomic mass is 10.1. The zero-order valence-electron chi connectivity index (χ0n) is 22.7. The van der Waals surface area contributed by atoms with Crippen LogP contribution in [0.4, 0.5) is 15.9 Å². The van der Waals surface area contributed by atoms with Gasteiger partial charge in [0.1, 0.15) is 23.7 Å². The summed E-state index contributed by atoms with van der Waals surface area (Å²) in [5.74, 6) is -0.803. The number of carbonyl (C=O) groups is 1. The van der Waals surface area contributed by atoms with Crippen LogP contribution in [0.15, 0.2) is 65.8 Å². The van der Waals surface area contributed by atoms with Gasteiger partial charge in [0.2, 0.25) is 5.43 Å². The number of aromatic nitrogens is 6. The predicted octanol–water partition coefficient (Wildman–Crippen LogP) is 3.30. The number of fused-ring (bicyclic) bond motifs is 1. The third kappa shape index (κ3) is 5.22. The molecule has 2 aromatic carbocycles.